The SMILES string of the molecule is Cc1nn(C)c(Cl)c1/C=C/C(=O)OCC(=O)N1CCc2sccc2C1. The molecule has 0 saturated heterocycles. The van der Waals surface area contributed by atoms with Crippen LogP contribution in [0.15, 0.2) is 17.5 Å². The summed E-state index contributed by atoms with van der Waals surface area (Å²) in [6.45, 7) is 2.78. The van der Waals surface area contributed by atoms with Crippen LogP contribution in [0.25, 0.3) is 6.08 Å². The molecule has 132 valence electrons. The molecule has 0 fully saturated rings. The fourth-order valence-electron chi connectivity index (χ4n) is 2.72. The van der Waals surface area contributed by atoms with Gasteiger partial charge in [-0.05, 0) is 36.4 Å². The molecule has 0 radical (unpaired) electrons. The molecule has 2 aromatic heterocycles. The molecule has 25 heavy (non-hydrogen) atoms. The van der Waals surface area contributed by atoms with E-state index in [1.54, 1.807) is 36.3 Å². The monoisotopic (exact) mass is 379 g/mol. The number of esters is 1. The van der Waals surface area contributed by atoms with Crippen molar-refractivity contribution >= 4 is 40.9 Å². The Balaban J connectivity index is 1.52. The maximum Gasteiger partial charge on any atom is 0.331 e. The lowest BCUT2D eigenvalue weighted by Crippen LogP contribution is -2.38. The van der Waals surface area contributed by atoms with E-state index < -0.39 is 5.97 Å². The van der Waals surface area contributed by atoms with E-state index in [0.717, 1.165) is 6.42 Å². The number of hydrogen-bond acceptors (Lipinski definition) is 5. The predicted molar refractivity (Wildman–Crippen MR) is 96.4 cm³/mol. The Morgan fingerprint density at radius 2 is 2.28 bits per heavy atom. The molecule has 6 nitrogen and oxygen atoms in total. The van der Waals surface area contributed by atoms with Crippen LogP contribution in [0.4, 0.5) is 0 Å². The standard InChI is InChI=1S/C17H18ClN3O3S/c1-11-13(17(18)20(2)19-11)3-4-16(23)24-10-15(22)21-7-5-14-12(9-21)6-8-25-14/h3-4,6,8H,5,7,9-10H2,1-2H3/b4-3+. The van der Waals surface area contributed by atoms with Crippen molar-refractivity contribution in [3.05, 3.63) is 44.4 Å². The number of amides is 1. The molecule has 3 rings (SSSR count). The summed E-state index contributed by atoms with van der Waals surface area (Å²) in [6.07, 6.45) is 3.66. The smallest absolute Gasteiger partial charge is 0.331 e. The Kier molecular flexibility index (Phi) is 5.24. The molecule has 0 spiro atoms. The largest absolute Gasteiger partial charge is 0.452 e. The average molecular weight is 380 g/mol. The molecule has 0 unspecified atom stereocenters. The second kappa shape index (κ2) is 7.41. The van der Waals surface area contributed by atoms with Crippen molar-refractivity contribution in [3.8, 4) is 0 Å². The normalized spacial score (nSPS) is 14.0. The number of fused-ring (bicyclic) bond motifs is 1. The number of aryl methyl sites for hydroxylation is 2. The lowest BCUT2D eigenvalue weighted by atomic mass is 10.1. The Hall–Kier alpha value is -2.12. The number of halogens is 1. The average Bonchev–Trinajstić information content (AvgIpc) is 3.15. The Bertz CT molecular complexity index is 840. The molecule has 1 amide bonds. The molecule has 2 aromatic rings. The van der Waals surface area contributed by atoms with Gasteiger partial charge >= 0.3 is 5.97 Å². The van der Waals surface area contributed by atoms with E-state index in [9.17, 15) is 9.59 Å². The van der Waals surface area contributed by atoms with Gasteiger partial charge in [-0.15, -0.1) is 11.3 Å². The van der Waals surface area contributed by atoms with Crippen molar-refractivity contribution in [2.45, 2.75) is 19.9 Å². The molecule has 1 aliphatic rings. The second-order valence-corrected chi connectivity index (χ2v) is 7.15. The maximum atomic E-state index is 12.2. The van der Waals surface area contributed by atoms with Gasteiger partial charge in [-0.1, -0.05) is 11.6 Å². The first kappa shape index (κ1) is 17.7. The van der Waals surface area contributed by atoms with Crippen molar-refractivity contribution in [2.75, 3.05) is 13.2 Å². The van der Waals surface area contributed by atoms with Crippen molar-refractivity contribution < 1.29 is 14.3 Å². The molecule has 0 bridgehead atoms. The summed E-state index contributed by atoms with van der Waals surface area (Å²) in [6, 6.07) is 2.04. The summed E-state index contributed by atoms with van der Waals surface area (Å²) in [5, 5.41) is 6.64. The van der Waals surface area contributed by atoms with Crippen LogP contribution in [0.2, 0.25) is 5.15 Å². The van der Waals surface area contributed by atoms with Gasteiger partial charge in [0.2, 0.25) is 0 Å². The highest BCUT2D eigenvalue weighted by Gasteiger charge is 2.22. The first-order valence-corrected chi connectivity index (χ1v) is 9.08. The van der Waals surface area contributed by atoms with Gasteiger partial charge in [-0.25, -0.2) is 4.79 Å². The van der Waals surface area contributed by atoms with Crippen molar-refractivity contribution in [3.63, 3.8) is 0 Å². The molecular formula is C17H18ClN3O3S. The number of aromatic nitrogens is 2. The maximum absolute atomic E-state index is 12.2. The zero-order valence-corrected chi connectivity index (χ0v) is 15.6. The van der Waals surface area contributed by atoms with Crippen molar-refractivity contribution in [1.29, 1.82) is 0 Å². The minimum atomic E-state index is -0.582. The molecule has 3 heterocycles. The van der Waals surface area contributed by atoms with E-state index in [-0.39, 0.29) is 12.5 Å². The predicted octanol–water partition coefficient (Wildman–Crippen LogP) is 2.58. The van der Waals surface area contributed by atoms with Crippen LogP contribution in [0.3, 0.4) is 0 Å². The summed E-state index contributed by atoms with van der Waals surface area (Å²) in [5.41, 5.74) is 2.55. The molecule has 0 aromatic carbocycles. The fourth-order valence-corrected chi connectivity index (χ4v) is 3.85. The molecule has 8 heteroatoms. The van der Waals surface area contributed by atoms with E-state index in [4.69, 9.17) is 16.3 Å². The zero-order valence-electron chi connectivity index (χ0n) is 14.0. The summed E-state index contributed by atoms with van der Waals surface area (Å²) in [5.74, 6) is -0.768. The van der Waals surface area contributed by atoms with Crippen LogP contribution in [-0.2, 0) is 34.3 Å². The van der Waals surface area contributed by atoms with Gasteiger partial charge in [0.15, 0.2) is 6.61 Å². The first-order chi connectivity index (χ1) is 12.0. The van der Waals surface area contributed by atoms with E-state index in [2.05, 4.69) is 5.10 Å². The van der Waals surface area contributed by atoms with Gasteiger partial charge in [-0.2, -0.15) is 5.10 Å². The third-order valence-electron chi connectivity index (χ3n) is 4.08. The van der Waals surface area contributed by atoms with Gasteiger partial charge in [0.05, 0.1) is 5.69 Å². The molecule has 0 saturated carbocycles. The molecule has 1 aliphatic heterocycles. The Morgan fingerprint density at radius 1 is 1.48 bits per heavy atom. The summed E-state index contributed by atoms with van der Waals surface area (Å²) in [7, 11) is 1.72. The van der Waals surface area contributed by atoms with Gasteiger partial charge in [0.25, 0.3) is 5.91 Å². The highest BCUT2D eigenvalue weighted by atomic mass is 35.5. The number of thiophene rings is 1. The van der Waals surface area contributed by atoms with Crippen molar-refractivity contribution in [1.82, 2.24) is 14.7 Å². The van der Waals surface area contributed by atoms with Crippen molar-refractivity contribution in [2.24, 2.45) is 7.05 Å². The van der Waals surface area contributed by atoms with Gasteiger partial charge in [0.1, 0.15) is 5.15 Å². The number of nitrogens with zero attached hydrogens (tertiary/aromatic N) is 3. The zero-order chi connectivity index (χ0) is 18.0. The van der Waals surface area contributed by atoms with Crippen LogP contribution in [0, 0.1) is 6.92 Å². The molecule has 0 aliphatic carbocycles. The summed E-state index contributed by atoms with van der Waals surface area (Å²) in [4.78, 5) is 27.1. The topological polar surface area (TPSA) is 64.4 Å². The highest BCUT2D eigenvalue weighted by Crippen LogP contribution is 2.24. The van der Waals surface area contributed by atoms with E-state index in [1.165, 1.54) is 21.2 Å². The van der Waals surface area contributed by atoms with E-state index >= 15 is 0 Å². The third-order valence-corrected chi connectivity index (χ3v) is 5.55. The van der Waals surface area contributed by atoms with Gasteiger partial charge < -0.3 is 9.64 Å². The van der Waals surface area contributed by atoms with E-state index in [0.29, 0.717) is 29.5 Å². The highest BCUT2D eigenvalue weighted by molar-refractivity contribution is 7.10. The second-order valence-electron chi connectivity index (χ2n) is 5.79. The van der Waals surface area contributed by atoms with Crippen LogP contribution < -0.4 is 0 Å². The molecule has 0 N–H and O–H groups in total. The van der Waals surface area contributed by atoms with Crippen LogP contribution in [0.5, 0.6) is 0 Å². The third kappa shape index (κ3) is 3.93. The number of hydrogen-bond donors (Lipinski definition) is 0. The number of rotatable bonds is 4. The van der Waals surface area contributed by atoms with Crippen LogP contribution >= 0.6 is 22.9 Å². The van der Waals surface area contributed by atoms with Crippen LogP contribution in [-0.4, -0.2) is 39.7 Å². The molecular weight excluding hydrogens is 362 g/mol. The lowest BCUT2D eigenvalue weighted by Gasteiger charge is -2.26. The number of ether oxygens (including phenoxy) is 1. The molecule has 0 atom stereocenters. The number of carbonyl (C=O) groups excluding carboxylic acids is 2. The Labute approximate surface area is 154 Å². The number of carbonyl (C=O) groups is 2. The lowest BCUT2D eigenvalue weighted by molar-refractivity contribution is -0.148. The summed E-state index contributed by atoms with van der Waals surface area (Å²) >= 11 is 7.81. The fraction of sp³-hybridized carbons (Fsp3) is 0.353. The first-order valence-electron chi connectivity index (χ1n) is 7.82. The minimum Gasteiger partial charge on any atom is -0.452 e. The quantitative estimate of drug-likeness (QED) is 0.605. The van der Waals surface area contributed by atoms with E-state index in [1.807, 2.05) is 11.4 Å². The Morgan fingerprint density at radius 3 is 3.00 bits per heavy atom. The van der Waals surface area contributed by atoms with Gasteiger partial charge in [-0.3, -0.25) is 9.48 Å². The van der Waals surface area contributed by atoms with Gasteiger partial charge in [0, 0.05) is 36.7 Å². The van der Waals surface area contributed by atoms with Crippen LogP contribution in [0.1, 0.15) is 21.7 Å². The summed E-state index contributed by atoms with van der Waals surface area (Å²) < 4.78 is 6.58. The minimum absolute atomic E-state index is 0.186.